The summed E-state index contributed by atoms with van der Waals surface area (Å²) in [6, 6.07) is 10.3. The molecule has 0 N–H and O–H groups in total. The molecule has 2 fully saturated rings. The van der Waals surface area contributed by atoms with Crippen molar-refractivity contribution in [1.82, 2.24) is 0 Å². The van der Waals surface area contributed by atoms with E-state index in [0.29, 0.717) is 34.1 Å². The van der Waals surface area contributed by atoms with Gasteiger partial charge in [-0.3, -0.25) is 14.4 Å². The minimum atomic E-state index is -1.77. The van der Waals surface area contributed by atoms with Gasteiger partial charge in [0.25, 0.3) is 5.79 Å². The maximum atomic E-state index is 13.8. The normalized spacial score (nSPS) is 25.8. The molecule has 0 radical (unpaired) electrons. The van der Waals surface area contributed by atoms with Crippen molar-refractivity contribution in [2.24, 2.45) is 5.41 Å². The van der Waals surface area contributed by atoms with Crippen molar-refractivity contribution in [3.8, 4) is 23.0 Å². The predicted molar refractivity (Wildman–Crippen MR) is 114 cm³/mol. The molecule has 2 aromatic carbocycles. The summed E-state index contributed by atoms with van der Waals surface area (Å²) in [7, 11) is 0. The number of carbonyl (C=O) groups excluding carboxylic acids is 3. The van der Waals surface area contributed by atoms with E-state index in [0.717, 1.165) is 0 Å². The Labute approximate surface area is 194 Å². The lowest BCUT2D eigenvalue weighted by atomic mass is 9.55. The zero-order valence-electron chi connectivity index (χ0n) is 18.6. The monoisotopic (exact) mass is 466 g/mol. The fourth-order valence-electron chi connectivity index (χ4n) is 5.41. The van der Waals surface area contributed by atoms with E-state index in [1.165, 1.54) is 13.8 Å². The number of hydrogen-bond donors (Lipinski definition) is 0. The molecule has 3 heterocycles. The van der Waals surface area contributed by atoms with Crippen LogP contribution in [0.2, 0.25) is 0 Å². The smallest absolute Gasteiger partial charge is 0.328 e. The Morgan fingerprint density at radius 1 is 0.676 bits per heavy atom. The van der Waals surface area contributed by atoms with Gasteiger partial charge in [-0.15, -0.1) is 0 Å². The van der Waals surface area contributed by atoms with Crippen LogP contribution in [0.25, 0.3) is 0 Å². The molecule has 2 aromatic rings. The first-order valence-electron chi connectivity index (χ1n) is 11.1. The van der Waals surface area contributed by atoms with Crippen LogP contribution in [0.1, 0.15) is 49.7 Å². The van der Waals surface area contributed by atoms with Crippen molar-refractivity contribution < 1.29 is 42.8 Å². The number of benzene rings is 2. The zero-order valence-corrected chi connectivity index (χ0v) is 18.6. The molecular formula is C25H22O9. The number of cyclic esters (lactones) is 2. The summed E-state index contributed by atoms with van der Waals surface area (Å²) in [5.74, 6) is -2.49. The highest BCUT2D eigenvalue weighted by atomic mass is 16.7. The van der Waals surface area contributed by atoms with Crippen LogP contribution in [-0.2, 0) is 23.9 Å². The Hall–Kier alpha value is -3.75. The van der Waals surface area contributed by atoms with E-state index in [1.807, 2.05) is 0 Å². The van der Waals surface area contributed by atoms with Crippen LogP contribution in [0, 0.1) is 5.41 Å². The third-order valence-corrected chi connectivity index (χ3v) is 6.91. The standard InChI is InChI=1S/C25H22O9/c1-24(2)33-22(27)25(23(28)34-24)16(13-3-5-18-20(7-13)31-11-29-18)9-15(26)10-17(25)14-4-6-19-21(8-14)32-12-30-19/h3-8,16-17H,9-12H2,1-2H3/t16-,17+. The molecule has 2 atom stereocenters. The molecule has 34 heavy (non-hydrogen) atoms. The van der Waals surface area contributed by atoms with Crippen LogP contribution in [0.15, 0.2) is 36.4 Å². The molecule has 1 saturated heterocycles. The quantitative estimate of drug-likeness (QED) is 0.487. The number of ether oxygens (including phenoxy) is 6. The topological polar surface area (TPSA) is 107 Å². The second-order valence-corrected chi connectivity index (χ2v) is 9.33. The summed E-state index contributed by atoms with van der Waals surface area (Å²) in [6.07, 6.45) is -0.0450. The largest absolute Gasteiger partial charge is 0.454 e. The SMILES string of the molecule is CC1(C)OC(=O)C2(C(=O)O1)[C@@H](c1ccc3c(c1)OCO3)CC(=O)C[C@H]2c1ccc2c(c1)OCO2. The minimum Gasteiger partial charge on any atom is -0.454 e. The average molecular weight is 466 g/mol. The number of ketones is 1. The van der Waals surface area contributed by atoms with Crippen molar-refractivity contribution in [2.45, 2.75) is 44.3 Å². The van der Waals surface area contributed by atoms with E-state index in [9.17, 15) is 14.4 Å². The van der Waals surface area contributed by atoms with Crippen molar-refractivity contribution in [2.75, 3.05) is 13.6 Å². The predicted octanol–water partition coefficient (Wildman–Crippen LogP) is 3.20. The van der Waals surface area contributed by atoms with Crippen LogP contribution >= 0.6 is 0 Å². The number of fused-ring (bicyclic) bond motifs is 2. The molecule has 0 unspecified atom stereocenters. The van der Waals surface area contributed by atoms with Crippen LogP contribution < -0.4 is 18.9 Å². The Balaban J connectivity index is 1.54. The van der Waals surface area contributed by atoms with Crippen molar-refractivity contribution in [3.63, 3.8) is 0 Å². The molecule has 176 valence electrons. The summed E-state index contributed by atoms with van der Waals surface area (Å²) >= 11 is 0. The van der Waals surface area contributed by atoms with Gasteiger partial charge in [0.2, 0.25) is 13.6 Å². The third kappa shape index (κ3) is 2.96. The van der Waals surface area contributed by atoms with Crippen LogP contribution in [-0.4, -0.2) is 37.1 Å². The van der Waals surface area contributed by atoms with E-state index >= 15 is 0 Å². The van der Waals surface area contributed by atoms with Crippen LogP contribution in [0.5, 0.6) is 23.0 Å². The van der Waals surface area contributed by atoms with Gasteiger partial charge in [0.1, 0.15) is 5.78 Å². The molecule has 3 aliphatic heterocycles. The van der Waals surface area contributed by atoms with E-state index in [4.69, 9.17) is 28.4 Å². The second kappa shape index (κ2) is 7.12. The van der Waals surface area contributed by atoms with Gasteiger partial charge >= 0.3 is 11.9 Å². The van der Waals surface area contributed by atoms with Gasteiger partial charge in [0.15, 0.2) is 28.4 Å². The number of esters is 2. The van der Waals surface area contributed by atoms with Gasteiger partial charge in [0.05, 0.1) is 0 Å². The number of Topliss-reactive ketones (excluding diaryl/α,β-unsaturated/α-hetero) is 1. The first kappa shape index (κ1) is 20.8. The molecule has 4 aliphatic rings. The van der Waals surface area contributed by atoms with Gasteiger partial charge in [-0.25, -0.2) is 0 Å². The fourth-order valence-corrected chi connectivity index (χ4v) is 5.41. The number of hydrogen-bond acceptors (Lipinski definition) is 9. The maximum Gasteiger partial charge on any atom is 0.328 e. The maximum absolute atomic E-state index is 13.8. The summed E-state index contributed by atoms with van der Waals surface area (Å²) < 4.78 is 33.1. The summed E-state index contributed by atoms with van der Waals surface area (Å²) in [5, 5.41) is 0. The molecule has 1 spiro atoms. The highest BCUT2D eigenvalue weighted by Gasteiger charge is 2.67. The molecule has 1 saturated carbocycles. The van der Waals surface area contributed by atoms with Crippen LogP contribution in [0.3, 0.4) is 0 Å². The van der Waals surface area contributed by atoms with Gasteiger partial charge in [-0.1, -0.05) is 12.1 Å². The van der Waals surface area contributed by atoms with E-state index in [-0.39, 0.29) is 32.2 Å². The second-order valence-electron chi connectivity index (χ2n) is 9.33. The lowest BCUT2D eigenvalue weighted by Crippen LogP contribution is -2.61. The molecule has 1 aliphatic carbocycles. The van der Waals surface area contributed by atoms with E-state index in [1.54, 1.807) is 36.4 Å². The van der Waals surface area contributed by atoms with Crippen molar-refractivity contribution >= 4 is 17.7 Å². The fraction of sp³-hybridized carbons (Fsp3) is 0.400. The highest BCUT2D eigenvalue weighted by Crippen LogP contribution is 2.59. The molecule has 6 rings (SSSR count). The Morgan fingerprint density at radius 3 is 1.59 bits per heavy atom. The molecule has 0 amide bonds. The van der Waals surface area contributed by atoms with Gasteiger partial charge < -0.3 is 28.4 Å². The molecule has 0 bridgehead atoms. The zero-order chi connectivity index (χ0) is 23.7. The van der Waals surface area contributed by atoms with Crippen molar-refractivity contribution in [1.29, 1.82) is 0 Å². The first-order chi connectivity index (χ1) is 16.3. The Kier molecular flexibility index (Phi) is 4.36. The lowest BCUT2D eigenvalue weighted by Gasteiger charge is -2.49. The number of rotatable bonds is 2. The van der Waals surface area contributed by atoms with E-state index < -0.39 is 35.0 Å². The molecule has 0 aromatic heterocycles. The highest BCUT2D eigenvalue weighted by molar-refractivity contribution is 6.06. The third-order valence-electron chi connectivity index (χ3n) is 6.91. The lowest BCUT2D eigenvalue weighted by molar-refractivity contribution is -0.256. The Morgan fingerprint density at radius 2 is 1.12 bits per heavy atom. The summed E-state index contributed by atoms with van der Waals surface area (Å²) in [4.78, 5) is 40.6. The van der Waals surface area contributed by atoms with Gasteiger partial charge in [0, 0.05) is 38.5 Å². The Bertz CT molecular complexity index is 1140. The first-order valence-corrected chi connectivity index (χ1v) is 11.1. The molecular weight excluding hydrogens is 444 g/mol. The summed E-state index contributed by atoms with van der Waals surface area (Å²) in [5.41, 5.74) is -0.585. The minimum absolute atomic E-state index is 0.0225. The average Bonchev–Trinajstić information content (AvgIpc) is 3.45. The molecule has 9 nitrogen and oxygen atoms in total. The summed E-state index contributed by atoms with van der Waals surface area (Å²) in [6.45, 7) is 3.17. The molecule has 9 heteroatoms. The van der Waals surface area contributed by atoms with Gasteiger partial charge in [-0.05, 0) is 35.4 Å². The van der Waals surface area contributed by atoms with Gasteiger partial charge in [-0.2, -0.15) is 0 Å². The van der Waals surface area contributed by atoms with Crippen molar-refractivity contribution in [3.05, 3.63) is 47.5 Å². The van der Waals surface area contributed by atoms with E-state index in [2.05, 4.69) is 0 Å². The van der Waals surface area contributed by atoms with Crippen LogP contribution in [0.4, 0.5) is 0 Å². The number of carbonyl (C=O) groups is 3.